The van der Waals surface area contributed by atoms with Gasteiger partial charge in [0.05, 0.1) is 5.69 Å². The number of hydrogen-bond acceptors (Lipinski definition) is 4. The largest absolute Gasteiger partial charge is 0.506 e. The summed E-state index contributed by atoms with van der Waals surface area (Å²) in [5.41, 5.74) is 1.26. The second-order valence-corrected chi connectivity index (χ2v) is 5.89. The van der Waals surface area contributed by atoms with Gasteiger partial charge in [-0.15, -0.1) is 0 Å². The standard InChI is InChI=1S/C17H9IN2O2/c18-10-5-7-11(8-6-10)20-14(9-19)15-16(21)12-3-1-2-4-13(12)17(15)22/h1-8,21H. The van der Waals surface area contributed by atoms with Crippen molar-refractivity contribution in [2.24, 2.45) is 4.99 Å². The average molecular weight is 400 g/mol. The van der Waals surface area contributed by atoms with Crippen LogP contribution in [0.15, 0.2) is 59.1 Å². The number of halogens is 1. The molecule has 22 heavy (non-hydrogen) atoms. The van der Waals surface area contributed by atoms with E-state index in [1.165, 1.54) is 0 Å². The molecule has 4 nitrogen and oxygen atoms in total. The number of carbonyl (C=O) groups excluding carboxylic acids is 1. The topological polar surface area (TPSA) is 73.4 Å². The smallest absolute Gasteiger partial charge is 0.200 e. The summed E-state index contributed by atoms with van der Waals surface area (Å²) in [4.78, 5) is 16.6. The van der Waals surface area contributed by atoms with Crippen molar-refractivity contribution in [1.82, 2.24) is 0 Å². The third-order valence-corrected chi connectivity index (χ3v) is 4.02. The van der Waals surface area contributed by atoms with Crippen molar-refractivity contribution in [2.75, 3.05) is 0 Å². The molecule has 0 saturated heterocycles. The van der Waals surface area contributed by atoms with Crippen LogP contribution in [-0.2, 0) is 0 Å². The average Bonchev–Trinajstić information content (AvgIpc) is 2.79. The van der Waals surface area contributed by atoms with Gasteiger partial charge in [0.15, 0.2) is 11.5 Å². The molecule has 0 unspecified atom stereocenters. The number of carbonyl (C=O) groups is 1. The quantitative estimate of drug-likeness (QED) is 0.611. The molecule has 0 saturated carbocycles. The molecule has 2 aromatic rings. The molecule has 1 aliphatic carbocycles. The first-order valence-corrected chi connectivity index (χ1v) is 7.52. The minimum absolute atomic E-state index is 0.0396. The van der Waals surface area contributed by atoms with Gasteiger partial charge in [0, 0.05) is 14.7 Å². The van der Waals surface area contributed by atoms with Gasteiger partial charge in [-0.25, -0.2) is 4.99 Å². The summed E-state index contributed by atoms with van der Waals surface area (Å²) < 4.78 is 1.04. The number of aliphatic imine (C=N–C) groups is 1. The Morgan fingerprint density at radius 2 is 1.73 bits per heavy atom. The molecule has 2 aromatic carbocycles. The summed E-state index contributed by atoms with van der Waals surface area (Å²) in [6.45, 7) is 0. The van der Waals surface area contributed by atoms with Gasteiger partial charge in [-0.3, -0.25) is 4.79 Å². The molecule has 0 bridgehead atoms. The molecule has 0 spiro atoms. The Labute approximate surface area is 140 Å². The Morgan fingerprint density at radius 3 is 2.32 bits per heavy atom. The molecule has 0 radical (unpaired) electrons. The zero-order valence-electron chi connectivity index (χ0n) is 11.2. The highest BCUT2D eigenvalue weighted by Gasteiger charge is 2.32. The molecule has 1 N–H and O–H groups in total. The Balaban J connectivity index is 2.10. The molecular formula is C17H9IN2O2. The minimum atomic E-state index is -0.376. The van der Waals surface area contributed by atoms with Gasteiger partial charge in [0.1, 0.15) is 17.4 Å². The van der Waals surface area contributed by atoms with Crippen LogP contribution in [0.5, 0.6) is 0 Å². The van der Waals surface area contributed by atoms with Gasteiger partial charge < -0.3 is 5.11 Å². The molecule has 5 heteroatoms. The molecule has 3 rings (SSSR count). The predicted octanol–water partition coefficient (Wildman–Crippen LogP) is 4.05. The van der Waals surface area contributed by atoms with E-state index in [9.17, 15) is 15.2 Å². The van der Waals surface area contributed by atoms with Crippen LogP contribution in [0.25, 0.3) is 5.76 Å². The maximum atomic E-state index is 12.4. The number of aliphatic hydroxyl groups is 1. The van der Waals surface area contributed by atoms with Crippen molar-refractivity contribution < 1.29 is 9.90 Å². The zero-order chi connectivity index (χ0) is 15.7. The number of allylic oxidation sites excluding steroid dienone is 1. The third kappa shape index (κ3) is 2.42. The molecule has 106 valence electrons. The molecule has 1 aliphatic rings. The van der Waals surface area contributed by atoms with Crippen LogP contribution >= 0.6 is 22.6 Å². The zero-order valence-corrected chi connectivity index (χ0v) is 13.4. The predicted molar refractivity (Wildman–Crippen MR) is 92.2 cm³/mol. The second-order valence-electron chi connectivity index (χ2n) is 4.65. The molecule has 0 fully saturated rings. The van der Waals surface area contributed by atoms with Gasteiger partial charge in [-0.1, -0.05) is 24.3 Å². The Bertz CT molecular complexity index is 874. The first-order valence-electron chi connectivity index (χ1n) is 6.44. The van der Waals surface area contributed by atoms with Crippen molar-refractivity contribution in [3.63, 3.8) is 0 Å². The Morgan fingerprint density at radius 1 is 1.09 bits per heavy atom. The maximum Gasteiger partial charge on any atom is 0.200 e. The fraction of sp³-hybridized carbons (Fsp3) is 0. The maximum absolute atomic E-state index is 12.4. The van der Waals surface area contributed by atoms with Crippen molar-refractivity contribution in [1.29, 1.82) is 5.26 Å². The number of nitriles is 1. The van der Waals surface area contributed by atoms with Crippen LogP contribution in [0.1, 0.15) is 15.9 Å². The number of hydrogen-bond donors (Lipinski definition) is 1. The lowest BCUT2D eigenvalue weighted by atomic mass is 10.1. The first kappa shape index (κ1) is 14.5. The van der Waals surface area contributed by atoms with Crippen molar-refractivity contribution in [3.05, 3.63) is 68.8 Å². The molecule has 0 aliphatic heterocycles. The van der Waals surface area contributed by atoms with E-state index in [4.69, 9.17) is 0 Å². The Kier molecular flexibility index (Phi) is 3.77. The van der Waals surface area contributed by atoms with Crippen LogP contribution < -0.4 is 0 Å². The van der Waals surface area contributed by atoms with Crippen molar-refractivity contribution >= 4 is 45.5 Å². The lowest BCUT2D eigenvalue weighted by Crippen LogP contribution is -2.08. The number of rotatable bonds is 2. The van der Waals surface area contributed by atoms with Gasteiger partial charge in [-0.05, 0) is 46.9 Å². The van der Waals surface area contributed by atoms with E-state index in [0.717, 1.165) is 3.57 Å². The van der Waals surface area contributed by atoms with Gasteiger partial charge in [0.25, 0.3) is 0 Å². The molecule has 0 amide bonds. The summed E-state index contributed by atoms with van der Waals surface area (Å²) in [5.74, 6) is -0.565. The Hall–Kier alpha value is -2.46. The second kappa shape index (κ2) is 5.73. The van der Waals surface area contributed by atoms with E-state index >= 15 is 0 Å². The summed E-state index contributed by atoms with van der Waals surface area (Å²) in [5, 5.41) is 19.6. The number of ketones is 1. The molecule has 0 heterocycles. The minimum Gasteiger partial charge on any atom is -0.506 e. The number of Topliss-reactive ketones (excluding diaryl/α,β-unsaturated/α-hetero) is 1. The van der Waals surface area contributed by atoms with Crippen LogP contribution in [0, 0.1) is 14.9 Å². The highest BCUT2D eigenvalue weighted by atomic mass is 127. The van der Waals surface area contributed by atoms with E-state index in [0.29, 0.717) is 16.8 Å². The van der Waals surface area contributed by atoms with E-state index in [-0.39, 0.29) is 22.8 Å². The molecule has 0 aromatic heterocycles. The fourth-order valence-corrected chi connectivity index (χ4v) is 2.63. The van der Waals surface area contributed by atoms with E-state index in [1.807, 2.05) is 18.2 Å². The van der Waals surface area contributed by atoms with E-state index in [2.05, 4.69) is 27.6 Å². The van der Waals surface area contributed by atoms with Crippen molar-refractivity contribution in [2.45, 2.75) is 0 Å². The normalized spacial score (nSPS) is 14.0. The lowest BCUT2D eigenvalue weighted by Gasteiger charge is -2.00. The van der Waals surface area contributed by atoms with Gasteiger partial charge in [-0.2, -0.15) is 5.26 Å². The summed E-state index contributed by atoms with van der Waals surface area (Å²) in [6, 6.07) is 15.9. The third-order valence-electron chi connectivity index (χ3n) is 3.30. The summed E-state index contributed by atoms with van der Waals surface area (Å²) in [6.07, 6.45) is 0. The molecular weight excluding hydrogens is 391 g/mol. The number of fused-ring (bicyclic) bond motifs is 1. The summed E-state index contributed by atoms with van der Waals surface area (Å²) >= 11 is 2.17. The van der Waals surface area contributed by atoms with E-state index in [1.54, 1.807) is 36.4 Å². The summed E-state index contributed by atoms with van der Waals surface area (Å²) in [7, 11) is 0. The van der Waals surface area contributed by atoms with Crippen LogP contribution in [0.2, 0.25) is 0 Å². The highest BCUT2D eigenvalue weighted by molar-refractivity contribution is 14.1. The number of aliphatic hydroxyl groups excluding tert-OH is 1. The van der Waals surface area contributed by atoms with Crippen molar-refractivity contribution in [3.8, 4) is 6.07 Å². The lowest BCUT2D eigenvalue weighted by molar-refractivity contribution is 0.104. The van der Waals surface area contributed by atoms with Gasteiger partial charge >= 0.3 is 0 Å². The highest BCUT2D eigenvalue weighted by Crippen LogP contribution is 2.32. The van der Waals surface area contributed by atoms with E-state index < -0.39 is 0 Å². The first-order chi connectivity index (χ1) is 10.6. The fourth-order valence-electron chi connectivity index (χ4n) is 2.27. The van der Waals surface area contributed by atoms with Crippen LogP contribution in [0.3, 0.4) is 0 Å². The number of benzene rings is 2. The SMILES string of the molecule is N#CC(=Nc1ccc(I)cc1)C1=C(O)c2ccccc2C1=O. The monoisotopic (exact) mass is 400 g/mol. The number of nitrogens with zero attached hydrogens (tertiary/aromatic N) is 2. The van der Waals surface area contributed by atoms with Crippen LogP contribution in [0.4, 0.5) is 5.69 Å². The molecule has 0 atom stereocenters. The van der Waals surface area contributed by atoms with Crippen LogP contribution in [-0.4, -0.2) is 16.6 Å². The van der Waals surface area contributed by atoms with Gasteiger partial charge in [0.2, 0.25) is 0 Å².